The molecular weight excluding hydrogens is 322 g/mol. The first-order valence-corrected chi connectivity index (χ1v) is 7.99. The van der Waals surface area contributed by atoms with Crippen molar-refractivity contribution in [2.45, 2.75) is 25.8 Å². The second-order valence-corrected chi connectivity index (χ2v) is 6.19. The topological polar surface area (TPSA) is 90.4 Å². The van der Waals surface area contributed by atoms with E-state index >= 15 is 0 Å². The molecule has 7 nitrogen and oxygen atoms in total. The third-order valence-corrected chi connectivity index (χ3v) is 4.61. The van der Waals surface area contributed by atoms with E-state index in [0.717, 1.165) is 22.6 Å². The van der Waals surface area contributed by atoms with Crippen LogP contribution in [0.25, 0.3) is 11.3 Å². The number of nitrogens with zero attached hydrogens (tertiary/aromatic N) is 3. The molecule has 0 amide bonds. The van der Waals surface area contributed by atoms with Crippen LogP contribution in [-0.2, 0) is 13.0 Å². The Morgan fingerprint density at radius 3 is 2.84 bits per heavy atom. The Kier molecular flexibility index (Phi) is 3.56. The van der Waals surface area contributed by atoms with E-state index in [4.69, 9.17) is 9.26 Å². The van der Waals surface area contributed by atoms with Gasteiger partial charge in [0.2, 0.25) is 0 Å². The maximum Gasteiger partial charge on any atom is 0.358 e. The Labute approximate surface area is 143 Å². The van der Waals surface area contributed by atoms with Gasteiger partial charge in [0.15, 0.2) is 11.5 Å². The molecule has 1 aliphatic carbocycles. The van der Waals surface area contributed by atoms with Crippen molar-refractivity contribution >= 4 is 5.97 Å². The van der Waals surface area contributed by atoms with Crippen LogP contribution in [0.1, 0.15) is 40.2 Å². The summed E-state index contributed by atoms with van der Waals surface area (Å²) in [4.78, 5) is 11.3. The minimum atomic E-state index is -1.06. The SMILES string of the molecule is COc1ccc(Cn2ncc3c2CC(C)c2c(C(=O)O)noc2-3)cc1. The molecule has 7 heteroatoms. The van der Waals surface area contributed by atoms with E-state index in [1.807, 2.05) is 35.9 Å². The number of carbonyl (C=O) groups is 1. The Balaban J connectivity index is 1.70. The fourth-order valence-corrected chi connectivity index (χ4v) is 3.35. The van der Waals surface area contributed by atoms with Crippen molar-refractivity contribution in [2.24, 2.45) is 0 Å². The van der Waals surface area contributed by atoms with Gasteiger partial charge in [0.25, 0.3) is 0 Å². The Hall–Kier alpha value is -3.09. The van der Waals surface area contributed by atoms with Crippen LogP contribution in [0.15, 0.2) is 35.0 Å². The highest BCUT2D eigenvalue weighted by Crippen LogP contribution is 2.41. The highest BCUT2D eigenvalue weighted by Gasteiger charge is 2.34. The zero-order valence-electron chi connectivity index (χ0n) is 13.9. The lowest BCUT2D eigenvalue weighted by molar-refractivity contribution is 0.0684. The largest absolute Gasteiger partial charge is 0.497 e. The number of hydrogen-bond donors (Lipinski definition) is 1. The normalized spacial score (nSPS) is 15.5. The van der Waals surface area contributed by atoms with Gasteiger partial charge >= 0.3 is 5.97 Å². The van der Waals surface area contributed by atoms with Gasteiger partial charge < -0.3 is 14.4 Å². The second kappa shape index (κ2) is 5.77. The molecule has 0 fully saturated rings. The fraction of sp³-hybridized carbons (Fsp3) is 0.278. The number of aromatic carboxylic acids is 1. The van der Waals surface area contributed by atoms with Gasteiger partial charge in [0.05, 0.1) is 31.1 Å². The number of hydrogen-bond acceptors (Lipinski definition) is 5. The number of aromatic nitrogens is 3. The summed E-state index contributed by atoms with van der Waals surface area (Å²) in [5, 5.41) is 17.5. The van der Waals surface area contributed by atoms with Gasteiger partial charge in [-0.3, -0.25) is 4.68 Å². The lowest BCUT2D eigenvalue weighted by atomic mass is 9.86. The lowest BCUT2D eigenvalue weighted by Crippen LogP contribution is -2.15. The molecule has 0 radical (unpaired) electrons. The molecule has 2 heterocycles. The highest BCUT2D eigenvalue weighted by molar-refractivity contribution is 5.90. The average Bonchev–Trinajstić information content (AvgIpc) is 3.21. The first-order chi connectivity index (χ1) is 12.1. The van der Waals surface area contributed by atoms with Crippen molar-refractivity contribution in [1.29, 1.82) is 0 Å². The minimum absolute atomic E-state index is 0.00365. The van der Waals surface area contributed by atoms with Crippen molar-refractivity contribution < 1.29 is 19.2 Å². The van der Waals surface area contributed by atoms with Crippen LogP contribution in [0.4, 0.5) is 0 Å². The molecule has 4 rings (SSSR count). The predicted octanol–water partition coefficient (Wildman–Crippen LogP) is 2.95. The fourth-order valence-electron chi connectivity index (χ4n) is 3.35. The van der Waals surface area contributed by atoms with E-state index in [-0.39, 0.29) is 11.6 Å². The number of carboxylic acid groups (broad SMARTS) is 1. The van der Waals surface area contributed by atoms with Crippen molar-refractivity contribution in [3.8, 4) is 17.1 Å². The van der Waals surface area contributed by atoms with Crippen LogP contribution < -0.4 is 4.74 Å². The molecule has 2 aromatic heterocycles. The quantitative estimate of drug-likeness (QED) is 0.786. The van der Waals surface area contributed by atoms with Crippen LogP contribution in [0, 0.1) is 0 Å². The first-order valence-electron chi connectivity index (χ1n) is 7.99. The molecule has 128 valence electrons. The first kappa shape index (κ1) is 15.4. The van der Waals surface area contributed by atoms with Gasteiger partial charge in [-0.1, -0.05) is 24.2 Å². The van der Waals surface area contributed by atoms with Crippen LogP contribution in [-0.4, -0.2) is 33.1 Å². The standard InChI is InChI=1S/C18H17N3O4/c1-10-7-14-13(17-15(10)16(18(22)23)20-25-17)8-19-21(14)9-11-3-5-12(24-2)6-4-11/h3-6,8,10H,7,9H2,1-2H3,(H,22,23). The van der Waals surface area contributed by atoms with Gasteiger partial charge in [0.1, 0.15) is 5.75 Å². The van der Waals surface area contributed by atoms with Crippen molar-refractivity contribution in [1.82, 2.24) is 14.9 Å². The van der Waals surface area contributed by atoms with Gasteiger partial charge in [-0.05, 0) is 30.0 Å². The highest BCUT2D eigenvalue weighted by atomic mass is 16.5. The smallest absolute Gasteiger partial charge is 0.358 e. The number of benzene rings is 1. The third kappa shape index (κ3) is 2.48. The van der Waals surface area contributed by atoms with E-state index in [9.17, 15) is 9.90 Å². The van der Waals surface area contributed by atoms with Gasteiger partial charge in [-0.25, -0.2) is 4.79 Å². The number of ether oxygens (including phenoxy) is 1. The number of methoxy groups -OCH3 is 1. The molecule has 1 atom stereocenters. The lowest BCUT2D eigenvalue weighted by Gasteiger charge is -2.19. The summed E-state index contributed by atoms with van der Waals surface area (Å²) in [6, 6.07) is 7.84. The molecule has 1 aromatic carbocycles. The Morgan fingerprint density at radius 2 is 2.16 bits per heavy atom. The van der Waals surface area contributed by atoms with Crippen molar-refractivity contribution in [3.05, 3.63) is 53.0 Å². The maximum absolute atomic E-state index is 11.3. The molecular formula is C18H17N3O4. The average molecular weight is 339 g/mol. The molecule has 0 saturated carbocycles. The van der Waals surface area contributed by atoms with Gasteiger partial charge in [-0.2, -0.15) is 5.10 Å². The minimum Gasteiger partial charge on any atom is -0.497 e. The maximum atomic E-state index is 11.3. The molecule has 1 N–H and O–H groups in total. The Morgan fingerprint density at radius 1 is 1.40 bits per heavy atom. The van der Waals surface area contributed by atoms with Gasteiger partial charge in [0, 0.05) is 5.56 Å². The van der Waals surface area contributed by atoms with Crippen LogP contribution in [0.5, 0.6) is 5.75 Å². The van der Waals surface area contributed by atoms with Crippen molar-refractivity contribution in [3.63, 3.8) is 0 Å². The molecule has 0 aliphatic heterocycles. The van der Waals surface area contributed by atoms with Crippen LogP contribution in [0.2, 0.25) is 0 Å². The number of fused-ring (bicyclic) bond motifs is 3. The molecule has 0 saturated heterocycles. The molecule has 3 aromatic rings. The summed E-state index contributed by atoms with van der Waals surface area (Å²) in [5.41, 5.74) is 3.61. The summed E-state index contributed by atoms with van der Waals surface area (Å²) in [6.45, 7) is 2.61. The monoisotopic (exact) mass is 339 g/mol. The third-order valence-electron chi connectivity index (χ3n) is 4.61. The van der Waals surface area contributed by atoms with Crippen LogP contribution >= 0.6 is 0 Å². The summed E-state index contributed by atoms with van der Waals surface area (Å²) >= 11 is 0. The zero-order chi connectivity index (χ0) is 17.6. The van der Waals surface area contributed by atoms with Crippen molar-refractivity contribution in [2.75, 3.05) is 7.11 Å². The molecule has 1 aliphatic rings. The van der Waals surface area contributed by atoms with E-state index < -0.39 is 5.97 Å². The van der Waals surface area contributed by atoms with Gasteiger partial charge in [-0.15, -0.1) is 0 Å². The summed E-state index contributed by atoms with van der Waals surface area (Å²) < 4.78 is 12.4. The van der Waals surface area contributed by atoms with E-state index in [1.54, 1.807) is 13.3 Å². The number of carboxylic acids is 1. The van der Waals surface area contributed by atoms with E-state index in [2.05, 4.69) is 10.3 Å². The molecule has 0 spiro atoms. The Bertz CT molecular complexity index is 940. The summed E-state index contributed by atoms with van der Waals surface area (Å²) in [6.07, 6.45) is 2.42. The second-order valence-electron chi connectivity index (χ2n) is 6.19. The predicted molar refractivity (Wildman–Crippen MR) is 88.9 cm³/mol. The number of rotatable bonds is 4. The van der Waals surface area contributed by atoms with Crippen LogP contribution in [0.3, 0.4) is 0 Å². The molecule has 1 unspecified atom stereocenters. The summed E-state index contributed by atoms with van der Waals surface area (Å²) in [7, 11) is 1.64. The zero-order valence-corrected chi connectivity index (χ0v) is 13.9. The van der Waals surface area contributed by atoms with E-state index in [0.29, 0.717) is 24.3 Å². The summed E-state index contributed by atoms with van der Waals surface area (Å²) in [5.74, 6) is 0.275. The van der Waals surface area contributed by atoms with E-state index in [1.165, 1.54) is 0 Å². The molecule has 25 heavy (non-hydrogen) atoms. The molecule has 0 bridgehead atoms.